The van der Waals surface area contributed by atoms with Gasteiger partial charge in [0, 0.05) is 12.3 Å². The molecule has 0 heterocycles. The first-order chi connectivity index (χ1) is 9.63. The third-order valence-corrected chi connectivity index (χ3v) is 3.74. The summed E-state index contributed by atoms with van der Waals surface area (Å²) >= 11 is 5.00. The Labute approximate surface area is 126 Å². The molecule has 1 aliphatic carbocycles. The molecular formula is C14H25N3O2S. The average Bonchev–Trinajstić information content (AvgIpc) is 2.46. The highest BCUT2D eigenvalue weighted by molar-refractivity contribution is 7.80. The van der Waals surface area contributed by atoms with Gasteiger partial charge in [0.15, 0.2) is 5.11 Å². The zero-order valence-corrected chi connectivity index (χ0v) is 13.0. The Morgan fingerprint density at radius 3 is 2.45 bits per heavy atom. The maximum Gasteiger partial charge on any atom is 0.238 e. The summed E-state index contributed by atoms with van der Waals surface area (Å²) in [5.74, 6) is -0.0843. The first-order valence-corrected chi connectivity index (χ1v) is 7.94. The van der Waals surface area contributed by atoms with Crippen LogP contribution < -0.4 is 16.2 Å². The Balaban J connectivity index is 2.15. The Morgan fingerprint density at radius 2 is 1.80 bits per heavy atom. The fourth-order valence-corrected chi connectivity index (χ4v) is 2.49. The molecule has 0 atom stereocenters. The zero-order chi connectivity index (χ0) is 14.8. The normalized spacial score (nSPS) is 15.4. The van der Waals surface area contributed by atoms with E-state index in [2.05, 4.69) is 23.1 Å². The molecule has 1 rings (SSSR count). The van der Waals surface area contributed by atoms with Crippen LogP contribution in [0, 0.1) is 5.92 Å². The van der Waals surface area contributed by atoms with Crippen LogP contribution in [0.2, 0.25) is 0 Å². The Morgan fingerprint density at radius 1 is 1.10 bits per heavy atom. The van der Waals surface area contributed by atoms with Crippen LogP contribution in [0.4, 0.5) is 0 Å². The molecule has 0 aromatic carbocycles. The van der Waals surface area contributed by atoms with E-state index in [1.807, 2.05) is 0 Å². The first kappa shape index (κ1) is 16.9. The van der Waals surface area contributed by atoms with Gasteiger partial charge in [-0.25, -0.2) is 0 Å². The SMILES string of the molecule is CCCCCC(=O)NNC(=S)NC(=O)C1CCCCC1. The highest BCUT2D eigenvalue weighted by Crippen LogP contribution is 2.23. The van der Waals surface area contributed by atoms with E-state index in [0.29, 0.717) is 6.42 Å². The largest absolute Gasteiger partial charge is 0.302 e. The molecule has 114 valence electrons. The first-order valence-electron chi connectivity index (χ1n) is 7.53. The van der Waals surface area contributed by atoms with Crippen molar-refractivity contribution in [2.45, 2.75) is 64.7 Å². The predicted octanol–water partition coefficient (Wildman–Crippen LogP) is 2.17. The monoisotopic (exact) mass is 299 g/mol. The van der Waals surface area contributed by atoms with Gasteiger partial charge in [0.05, 0.1) is 0 Å². The van der Waals surface area contributed by atoms with Crippen LogP contribution in [0.25, 0.3) is 0 Å². The summed E-state index contributed by atoms with van der Waals surface area (Å²) in [4.78, 5) is 23.4. The molecule has 0 saturated heterocycles. The highest BCUT2D eigenvalue weighted by atomic mass is 32.1. The van der Waals surface area contributed by atoms with Crippen molar-refractivity contribution in [2.75, 3.05) is 0 Å². The summed E-state index contributed by atoms with van der Waals surface area (Å²) in [6, 6.07) is 0. The molecule has 0 unspecified atom stereocenters. The molecule has 6 heteroatoms. The quantitative estimate of drug-likeness (QED) is 0.413. The minimum absolute atomic E-state index is 0.0394. The smallest absolute Gasteiger partial charge is 0.238 e. The van der Waals surface area contributed by atoms with Crippen molar-refractivity contribution < 1.29 is 9.59 Å². The fourth-order valence-electron chi connectivity index (χ4n) is 2.33. The number of hydrogen-bond donors (Lipinski definition) is 3. The minimum Gasteiger partial charge on any atom is -0.302 e. The lowest BCUT2D eigenvalue weighted by Crippen LogP contribution is -2.49. The number of carbonyl (C=O) groups excluding carboxylic acids is 2. The maximum absolute atomic E-state index is 11.9. The third kappa shape index (κ3) is 6.84. The van der Waals surface area contributed by atoms with E-state index in [1.165, 1.54) is 6.42 Å². The lowest BCUT2D eigenvalue weighted by Gasteiger charge is -2.21. The van der Waals surface area contributed by atoms with Gasteiger partial charge in [-0.3, -0.25) is 20.4 Å². The van der Waals surface area contributed by atoms with E-state index in [9.17, 15) is 9.59 Å². The summed E-state index contributed by atoms with van der Waals surface area (Å²) in [5, 5.41) is 2.81. The average molecular weight is 299 g/mol. The molecular weight excluding hydrogens is 274 g/mol. The fraction of sp³-hybridized carbons (Fsp3) is 0.786. The number of unbranched alkanes of at least 4 members (excludes halogenated alkanes) is 2. The second kappa shape index (κ2) is 9.69. The van der Waals surface area contributed by atoms with Gasteiger partial charge in [0.1, 0.15) is 0 Å². The van der Waals surface area contributed by atoms with Gasteiger partial charge in [0.2, 0.25) is 11.8 Å². The molecule has 0 radical (unpaired) electrons. The summed E-state index contributed by atoms with van der Waals surface area (Å²) < 4.78 is 0. The molecule has 1 saturated carbocycles. The minimum atomic E-state index is -0.104. The zero-order valence-electron chi connectivity index (χ0n) is 12.2. The van der Waals surface area contributed by atoms with Crippen molar-refractivity contribution in [2.24, 2.45) is 5.92 Å². The van der Waals surface area contributed by atoms with Crippen LogP contribution in [0.1, 0.15) is 64.7 Å². The lowest BCUT2D eigenvalue weighted by atomic mass is 9.89. The van der Waals surface area contributed by atoms with E-state index in [4.69, 9.17) is 12.2 Å². The van der Waals surface area contributed by atoms with Gasteiger partial charge in [-0.2, -0.15) is 0 Å². The number of amides is 2. The number of hydrazine groups is 1. The van der Waals surface area contributed by atoms with Crippen LogP contribution >= 0.6 is 12.2 Å². The molecule has 0 aromatic heterocycles. The Bertz CT molecular complexity index is 341. The number of carbonyl (C=O) groups is 2. The van der Waals surface area contributed by atoms with Crippen LogP contribution in [0.3, 0.4) is 0 Å². The molecule has 0 spiro atoms. The number of thiocarbonyl (C=S) groups is 1. The Kier molecular flexibility index (Phi) is 8.18. The van der Waals surface area contributed by atoms with Crippen LogP contribution in [0.5, 0.6) is 0 Å². The van der Waals surface area contributed by atoms with Crippen LogP contribution in [-0.4, -0.2) is 16.9 Å². The Hall–Kier alpha value is -1.17. The molecule has 3 N–H and O–H groups in total. The van der Waals surface area contributed by atoms with E-state index >= 15 is 0 Å². The van der Waals surface area contributed by atoms with Crippen molar-refractivity contribution in [3.63, 3.8) is 0 Å². The van der Waals surface area contributed by atoms with Crippen molar-refractivity contribution in [1.82, 2.24) is 16.2 Å². The lowest BCUT2D eigenvalue weighted by molar-refractivity contribution is -0.125. The molecule has 20 heavy (non-hydrogen) atoms. The van der Waals surface area contributed by atoms with E-state index in [0.717, 1.165) is 44.9 Å². The summed E-state index contributed by atoms with van der Waals surface area (Å²) in [6.07, 6.45) is 8.73. The molecule has 0 bridgehead atoms. The molecule has 2 amide bonds. The van der Waals surface area contributed by atoms with Crippen molar-refractivity contribution in [1.29, 1.82) is 0 Å². The molecule has 5 nitrogen and oxygen atoms in total. The van der Waals surface area contributed by atoms with Gasteiger partial charge in [-0.05, 0) is 31.5 Å². The van der Waals surface area contributed by atoms with Crippen LogP contribution in [0.15, 0.2) is 0 Å². The van der Waals surface area contributed by atoms with E-state index < -0.39 is 0 Å². The van der Waals surface area contributed by atoms with Crippen molar-refractivity contribution in [3.05, 3.63) is 0 Å². The predicted molar refractivity (Wildman–Crippen MR) is 82.7 cm³/mol. The van der Waals surface area contributed by atoms with Crippen LogP contribution in [-0.2, 0) is 9.59 Å². The maximum atomic E-state index is 11.9. The molecule has 1 fully saturated rings. The summed E-state index contributed by atoms with van der Waals surface area (Å²) in [6.45, 7) is 2.09. The van der Waals surface area contributed by atoms with Gasteiger partial charge in [-0.1, -0.05) is 39.0 Å². The second-order valence-corrected chi connectivity index (χ2v) is 5.69. The topological polar surface area (TPSA) is 70.2 Å². The highest BCUT2D eigenvalue weighted by Gasteiger charge is 2.21. The van der Waals surface area contributed by atoms with Gasteiger partial charge < -0.3 is 5.32 Å². The molecule has 0 aromatic rings. The van der Waals surface area contributed by atoms with Crippen molar-refractivity contribution >= 4 is 29.1 Å². The van der Waals surface area contributed by atoms with Gasteiger partial charge in [0.25, 0.3) is 0 Å². The second-order valence-electron chi connectivity index (χ2n) is 5.28. The molecule has 1 aliphatic rings. The number of nitrogens with one attached hydrogen (secondary N) is 3. The third-order valence-electron chi connectivity index (χ3n) is 3.54. The number of hydrogen-bond acceptors (Lipinski definition) is 3. The summed E-state index contributed by atoms with van der Waals surface area (Å²) in [5.41, 5.74) is 5.08. The van der Waals surface area contributed by atoms with E-state index in [1.54, 1.807) is 0 Å². The van der Waals surface area contributed by atoms with E-state index in [-0.39, 0.29) is 22.8 Å². The van der Waals surface area contributed by atoms with Gasteiger partial charge >= 0.3 is 0 Å². The van der Waals surface area contributed by atoms with Crippen molar-refractivity contribution in [3.8, 4) is 0 Å². The molecule has 0 aliphatic heterocycles. The number of rotatable bonds is 5. The standard InChI is InChI=1S/C14H25N3O2S/c1-2-3-5-10-12(18)16-17-14(20)15-13(19)11-8-6-4-7-9-11/h11H,2-10H2,1H3,(H,16,18)(H2,15,17,19,20). The summed E-state index contributed by atoms with van der Waals surface area (Å²) in [7, 11) is 0. The van der Waals surface area contributed by atoms with Gasteiger partial charge in [-0.15, -0.1) is 0 Å².